The van der Waals surface area contributed by atoms with Crippen molar-refractivity contribution in [3.63, 3.8) is 0 Å². The van der Waals surface area contributed by atoms with Crippen LogP contribution in [0.1, 0.15) is 0 Å². The Hall–Kier alpha value is -1.35. The third-order valence-electron chi connectivity index (χ3n) is 1.57. The second-order valence-corrected chi connectivity index (χ2v) is 2.78. The zero-order valence-corrected chi connectivity index (χ0v) is 6.92. The molecule has 12 heavy (non-hydrogen) atoms. The maximum atomic E-state index is 5.71. The van der Waals surface area contributed by atoms with Crippen LogP contribution in [0.15, 0.2) is 24.4 Å². The Balaban J connectivity index is 2.84. The Labute approximate surface area is 74.2 Å². The molecular weight excluding hydrogens is 174 g/mol. The molecule has 0 atom stereocenters. The van der Waals surface area contributed by atoms with E-state index in [2.05, 4.69) is 9.97 Å². The van der Waals surface area contributed by atoms with Crippen LogP contribution in [0.2, 0.25) is 5.15 Å². The molecule has 3 nitrogen and oxygen atoms in total. The molecule has 0 spiro atoms. The van der Waals surface area contributed by atoms with Crippen LogP contribution in [0, 0.1) is 0 Å². The van der Waals surface area contributed by atoms with Crippen LogP contribution in [0.4, 0.5) is 5.69 Å². The van der Waals surface area contributed by atoms with Gasteiger partial charge in [0.2, 0.25) is 0 Å². The number of nitrogens with two attached hydrogens (primary N) is 1. The molecule has 0 fully saturated rings. The molecule has 0 saturated carbocycles. The lowest BCUT2D eigenvalue weighted by molar-refractivity contribution is 1.29. The number of nitrogens with zero attached hydrogens (tertiary/aromatic N) is 2. The first kappa shape index (κ1) is 7.31. The number of pyridine rings is 2. The number of rotatable bonds is 0. The van der Waals surface area contributed by atoms with E-state index < -0.39 is 0 Å². The quantitative estimate of drug-likeness (QED) is 0.628. The number of aromatic nitrogens is 2. The van der Waals surface area contributed by atoms with Gasteiger partial charge in [-0.15, -0.1) is 0 Å². The molecule has 2 N–H and O–H groups in total. The van der Waals surface area contributed by atoms with Gasteiger partial charge in [0.1, 0.15) is 0 Å². The number of fused-ring (bicyclic) bond motifs is 1. The van der Waals surface area contributed by atoms with Gasteiger partial charge in [0.25, 0.3) is 0 Å². The summed E-state index contributed by atoms with van der Waals surface area (Å²) in [6.07, 6.45) is 1.67. The smallest absolute Gasteiger partial charge is 0.160 e. The summed E-state index contributed by atoms with van der Waals surface area (Å²) in [4.78, 5) is 8.04. The van der Waals surface area contributed by atoms with Crippen molar-refractivity contribution in [3.8, 4) is 0 Å². The first-order chi connectivity index (χ1) is 5.77. The van der Waals surface area contributed by atoms with E-state index in [9.17, 15) is 0 Å². The van der Waals surface area contributed by atoms with Crippen LogP contribution >= 0.6 is 11.6 Å². The summed E-state index contributed by atoms with van der Waals surface area (Å²) in [5, 5.41) is 1.21. The zero-order valence-electron chi connectivity index (χ0n) is 6.16. The second kappa shape index (κ2) is 2.60. The van der Waals surface area contributed by atoms with Gasteiger partial charge in [-0.05, 0) is 18.2 Å². The first-order valence-corrected chi connectivity index (χ1v) is 3.82. The fraction of sp³-hybridized carbons (Fsp3) is 0. The minimum atomic E-state index is 0.307. The van der Waals surface area contributed by atoms with Crippen LogP contribution in [-0.4, -0.2) is 9.97 Å². The summed E-state index contributed by atoms with van der Waals surface area (Å²) in [6, 6.07) is 5.48. The molecule has 2 rings (SSSR count). The molecule has 0 aromatic carbocycles. The van der Waals surface area contributed by atoms with Crippen molar-refractivity contribution in [3.05, 3.63) is 29.5 Å². The topological polar surface area (TPSA) is 51.8 Å². The van der Waals surface area contributed by atoms with Gasteiger partial charge in [-0.25, -0.2) is 9.97 Å². The molecule has 4 heteroatoms. The highest BCUT2D eigenvalue weighted by Gasteiger charge is 2.00. The van der Waals surface area contributed by atoms with E-state index in [1.165, 1.54) is 0 Å². The van der Waals surface area contributed by atoms with Crippen molar-refractivity contribution >= 4 is 28.3 Å². The molecule has 0 unspecified atom stereocenters. The molecule has 2 aromatic rings. The Morgan fingerprint density at radius 2 is 2.25 bits per heavy atom. The van der Waals surface area contributed by atoms with E-state index in [1.807, 2.05) is 12.1 Å². The van der Waals surface area contributed by atoms with E-state index in [0.29, 0.717) is 16.5 Å². The summed E-state index contributed by atoms with van der Waals surface area (Å²) >= 11 is 5.71. The normalized spacial score (nSPS) is 10.4. The molecule has 2 aromatic heterocycles. The minimum absolute atomic E-state index is 0.307. The number of nitrogen functional groups attached to an aromatic ring is 1. The van der Waals surface area contributed by atoms with Crippen molar-refractivity contribution < 1.29 is 0 Å². The summed E-state index contributed by atoms with van der Waals surface area (Å²) in [6.45, 7) is 0. The molecule has 0 radical (unpaired) electrons. The summed E-state index contributed by atoms with van der Waals surface area (Å²) in [7, 11) is 0. The molecule has 60 valence electrons. The van der Waals surface area contributed by atoms with Gasteiger partial charge in [0.05, 0.1) is 5.69 Å². The molecule has 0 aliphatic rings. The summed E-state index contributed by atoms with van der Waals surface area (Å²) in [5.74, 6) is 0. The SMILES string of the molecule is Nc1cc2cccnc2nc1Cl. The van der Waals surface area contributed by atoms with E-state index in [0.717, 1.165) is 5.39 Å². The van der Waals surface area contributed by atoms with Crippen molar-refractivity contribution in [1.82, 2.24) is 9.97 Å². The fourth-order valence-electron chi connectivity index (χ4n) is 1.00. The van der Waals surface area contributed by atoms with Crippen LogP contribution in [0.3, 0.4) is 0 Å². The van der Waals surface area contributed by atoms with Crippen LogP contribution in [0.5, 0.6) is 0 Å². The third-order valence-corrected chi connectivity index (χ3v) is 1.87. The molecule has 2 heterocycles. The van der Waals surface area contributed by atoms with Crippen LogP contribution in [-0.2, 0) is 0 Å². The van der Waals surface area contributed by atoms with Crippen molar-refractivity contribution in [2.45, 2.75) is 0 Å². The summed E-state index contributed by atoms with van der Waals surface area (Å²) < 4.78 is 0. The van der Waals surface area contributed by atoms with Crippen molar-refractivity contribution in [2.24, 2.45) is 0 Å². The third kappa shape index (κ3) is 1.08. The first-order valence-electron chi connectivity index (χ1n) is 3.44. The van der Waals surface area contributed by atoms with Crippen LogP contribution in [0.25, 0.3) is 11.0 Å². The molecule has 0 aliphatic heterocycles. The summed E-state index contributed by atoms with van der Waals surface area (Å²) in [5.41, 5.74) is 6.67. The highest BCUT2D eigenvalue weighted by molar-refractivity contribution is 6.32. The lowest BCUT2D eigenvalue weighted by Gasteiger charge is -1.98. The van der Waals surface area contributed by atoms with Gasteiger partial charge >= 0.3 is 0 Å². The number of hydrogen-bond donors (Lipinski definition) is 1. The average molecular weight is 180 g/mol. The van der Waals surface area contributed by atoms with Gasteiger partial charge in [-0.3, -0.25) is 0 Å². The zero-order chi connectivity index (χ0) is 8.55. The van der Waals surface area contributed by atoms with E-state index in [-0.39, 0.29) is 0 Å². The maximum Gasteiger partial charge on any atom is 0.160 e. The number of anilines is 1. The predicted octanol–water partition coefficient (Wildman–Crippen LogP) is 1.87. The predicted molar refractivity (Wildman–Crippen MR) is 49.0 cm³/mol. The largest absolute Gasteiger partial charge is 0.396 e. The Morgan fingerprint density at radius 1 is 1.42 bits per heavy atom. The van der Waals surface area contributed by atoms with Crippen molar-refractivity contribution in [2.75, 3.05) is 5.73 Å². The average Bonchev–Trinajstić information content (AvgIpc) is 2.07. The van der Waals surface area contributed by atoms with E-state index >= 15 is 0 Å². The van der Waals surface area contributed by atoms with Crippen molar-refractivity contribution in [1.29, 1.82) is 0 Å². The van der Waals surface area contributed by atoms with E-state index in [1.54, 1.807) is 12.3 Å². The molecule has 0 amide bonds. The van der Waals surface area contributed by atoms with Gasteiger partial charge in [-0.1, -0.05) is 11.6 Å². The Kier molecular flexibility index (Phi) is 1.59. The highest BCUT2D eigenvalue weighted by Crippen LogP contribution is 2.20. The molecule has 0 saturated heterocycles. The number of hydrogen-bond acceptors (Lipinski definition) is 3. The molecule has 0 bridgehead atoms. The van der Waals surface area contributed by atoms with E-state index in [4.69, 9.17) is 17.3 Å². The highest BCUT2D eigenvalue weighted by atomic mass is 35.5. The van der Waals surface area contributed by atoms with Gasteiger partial charge < -0.3 is 5.73 Å². The van der Waals surface area contributed by atoms with Crippen LogP contribution < -0.4 is 5.73 Å². The standard InChI is InChI=1S/C8H6ClN3/c9-7-6(10)4-5-2-1-3-11-8(5)12-7/h1-4H,10H2. The maximum absolute atomic E-state index is 5.71. The van der Waals surface area contributed by atoms with Gasteiger partial charge in [-0.2, -0.15) is 0 Å². The number of halogens is 1. The Morgan fingerprint density at radius 3 is 3.08 bits per heavy atom. The minimum Gasteiger partial charge on any atom is -0.396 e. The Bertz CT molecular complexity index is 387. The van der Waals surface area contributed by atoms with Gasteiger partial charge in [0, 0.05) is 11.6 Å². The lowest BCUT2D eigenvalue weighted by atomic mass is 10.3. The monoisotopic (exact) mass is 179 g/mol. The fourth-order valence-corrected chi connectivity index (χ4v) is 1.13. The van der Waals surface area contributed by atoms with Gasteiger partial charge in [0.15, 0.2) is 10.8 Å². The molecule has 0 aliphatic carbocycles. The second-order valence-electron chi connectivity index (χ2n) is 2.42. The lowest BCUT2D eigenvalue weighted by Crippen LogP contribution is -1.91. The molecular formula is C8H6ClN3.